The molecule has 1 rings (SSSR count). The van der Waals surface area contributed by atoms with Crippen LogP contribution in [0.25, 0.3) is 0 Å². The van der Waals surface area contributed by atoms with Crippen LogP contribution >= 0.6 is 0 Å². The van der Waals surface area contributed by atoms with Crippen molar-refractivity contribution in [2.45, 2.75) is 32.6 Å². The van der Waals surface area contributed by atoms with E-state index in [-0.39, 0.29) is 5.92 Å². The molecule has 0 aliphatic heterocycles. The molecule has 58 valence electrons. The van der Waals surface area contributed by atoms with E-state index in [0.29, 0.717) is 5.92 Å². The van der Waals surface area contributed by atoms with Crippen LogP contribution in [-0.2, 0) is 4.79 Å². The highest BCUT2D eigenvalue weighted by atomic mass is 16.4. The van der Waals surface area contributed by atoms with E-state index >= 15 is 0 Å². The summed E-state index contributed by atoms with van der Waals surface area (Å²) < 4.78 is 0. The van der Waals surface area contributed by atoms with Crippen LogP contribution in [0.15, 0.2) is 0 Å². The lowest BCUT2D eigenvalue weighted by molar-refractivity contribution is -0.144. The van der Waals surface area contributed by atoms with Crippen LogP contribution in [0.2, 0.25) is 0 Å². The summed E-state index contributed by atoms with van der Waals surface area (Å²) in [6.45, 7) is 2.04. The van der Waals surface area contributed by atoms with Crippen LogP contribution in [0.1, 0.15) is 32.6 Å². The standard InChI is InChI=1S/C8H14O2/c1-6-4-2-3-5-7(6)8(9)10/h6-7H,2-5H2,1H3,(H,9,10)/t6-,7+/m0/s1. The number of hydrogen-bond donors (Lipinski definition) is 1. The van der Waals surface area contributed by atoms with Crippen LogP contribution in [0, 0.1) is 11.8 Å². The Morgan fingerprint density at radius 3 is 2.40 bits per heavy atom. The molecular formula is C8H14O2. The molecule has 0 radical (unpaired) electrons. The molecule has 0 aromatic rings. The third-order valence-corrected chi connectivity index (χ3v) is 2.43. The van der Waals surface area contributed by atoms with Gasteiger partial charge in [0, 0.05) is 0 Å². The zero-order valence-electron chi connectivity index (χ0n) is 6.34. The van der Waals surface area contributed by atoms with E-state index in [1.807, 2.05) is 6.92 Å². The van der Waals surface area contributed by atoms with Gasteiger partial charge < -0.3 is 5.11 Å². The van der Waals surface area contributed by atoms with Crippen molar-refractivity contribution in [3.63, 3.8) is 0 Å². The van der Waals surface area contributed by atoms with E-state index in [4.69, 9.17) is 5.11 Å². The van der Waals surface area contributed by atoms with E-state index in [2.05, 4.69) is 0 Å². The van der Waals surface area contributed by atoms with Gasteiger partial charge in [0.05, 0.1) is 5.92 Å². The van der Waals surface area contributed by atoms with Gasteiger partial charge in [0.2, 0.25) is 0 Å². The molecule has 0 heterocycles. The molecule has 1 N–H and O–H groups in total. The molecule has 10 heavy (non-hydrogen) atoms. The highest BCUT2D eigenvalue weighted by Crippen LogP contribution is 2.29. The topological polar surface area (TPSA) is 37.3 Å². The molecule has 0 amide bonds. The summed E-state index contributed by atoms with van der Waals surface area (Å²) in [7, 11) is 0. The first-order chi connectivity index (χ1) is 4.72. The highest BCUT2D eigenvalue weighted by Gasteiger charge is 2.26. The Kier molecular flexibility index (Phi) is 2.30. The minimum atomic E-state index is -0.604. The van der Waals surface area contributed by atoms with Crippen molar-refractivity contribution in [3.8, 4) is 0 Å². The first-order valence-electron chi connectivity index (χ1n) is 3.94. The van der Waals surface area contributed by atoms with Crippen molar-refractivity contribution in [3.05, 3.63) is 0 Å². The normalized spacial score (nSPS) is 33.7. The number of carboxylic acids is 1. The van der Waals surface area contributed by atoms with Crippen molar-refractivity contribution in [2.75, 3.05) is 0 Å². The largest absolute Gasteiger partial charge is 0.481 e. The number of rotatable bonds is 1. The molecule has 0 unspecified atom stereocenters. The lowest BCUT2D eigenvalue weighted by Gasteiger charge is -2.24. The van der Waals surface area contributed by atoms with Crippen molar-refractivity contribution in [2.24, 2.45) is 11.8 Å². The Morgan fingerprint density at radius 2 is 2.00 bits per heavy atom. The molecule has 2 nitrogen and oxygen atoms in total. The zero-order chi connectivity index (χ0) is 7.56. The molecule has 0 saturated heterocycles. The summed E-state index contributed by atoms with van der Waals surface area (Å²) in [5.74, 6) is -0.271. The summed E-state index contributed by atoms with van der Waals surface area (Å²) in [5.41, 5.74) is 0. The van der Waals surface area contributed by atoms with Gasteiger partial charge in [-0.1, -0.05) is 19.8 Å². The predicted octanol–water partition coefficient (Wildman–Crippen LogP) is 1.90. The number of carbonyl (C=O) groups is 1. The molecule has 0 aromatic carbocycles. The third-order valence-electron chi connectivity index (χ3n) is 2.43. The molecule has 1 fully saturated rings. The van der Waals surface area contributed by atoms with Crippen molar-refractivity contribution >= 4 is 5.97 Å². The summed E-state index contributed by atoms with van der Waals surface area (Å²) in [6, 6.07) is 0. The summed E-state index contributed by atoms with van der Waals surface area (Å²) >= 11 is 0. The Balaban J connectivity index is 2.47. The van der Waals surface area contributed by atoms with Crippen molar-refractivity contribution in [1.82, 2.24) is 0 Å². The SMILES string of the molecule is C[C@H]1CCCC[C@H]1C(=O)O. The van der Waals surface area contributed by atoms with Gasteiger partial charge in [-0.2, -0.15) is 0 Å². The van der Waals surface area contributed by atoms with E-state index < -0.39 is 5.97 Å². The quantitative estimate of drug-likeness (QED) is 0.607. The number of aliphatic carboxylic acids is 1. The zero-order valence-corrected chi connectivity index (χ0v) is 6.34. The third kappa shape index (κ3) is 1.49. The molecule has 0 spiro atoms. The molecule has 1 saturated carbocycles. The Morgan fingerprint density at radius 1 is 1.40 bits per heavy atom. The maximum absolute atomic E-state index is 10.6. The van der Waals surface area contributed by atoms with E-state index in [9.17, 15) is 4.79 Å². The molecular weight excluding hydrogens is 128 g/mol. The van der Waals surface area contributed by atoms with Crippen LogP contribution in [0.4, 0.5) is 0 Å². The van der Waals surface area contributed by atoms with Crippen LogP contribution in [0.3, 0.4) is 0 Å². The van der Waals surface area contributed by atoms with E-state index in [1.165, 1.54) is 6.42 Å². The smallest absolute Gasteiger partial charge is 0.306 e. The maximum atomic E-state index is 10.6. The second-order valence-corrected chi connectivity index (χ2v) is 3.21. The fraction of sp³-hybridized carbons (Fsp3) is 0.875. The monoisotopic (exact) mass is 142 g/mol. The minimum absolute atomic E-state index is 0.0613. The summed E-state index contributed by atoms with van der Waals surface area (Å²) in [6.07, 6.45) is 4.29. The maximum Gasteiger partial charge on any atom is 0.306 e. The summed E-state index contributed by atoms with van der Waals surface area (Å²) in [5, 5.41) is 8.71. The van der Waals surface area contributed by atoms with Gasteiger partial charge in [-0.15, -0.1) is 0 Å². The average Bonchev–Trinajstić information content (AvgIpc) is 1.88. The van der Waals surface area contributed by atoms with Gasteiger partial charge in [0.15, 0.2) is 0 Å². The Bertz CT molecular complexity index is 131. The van der Waals surface area contributed by atoms with Gasteiger partial charge >= 0.3 is 5.97 Å². The molecule has 2 heteroatoms. The van der Waals surface area contributed by atoms with E-state index in [0.717, 1.165) is 19.3 Å². The van der Waals surface area contributed by atoms with Gasteiger partial charge in [0.25, 0.3) is 0 Å². The lowest BCUT2D eigenvalue weighted by Crippen LogP contribution is -2.24. The Labute approximate surface area is 61.2 Å². The molecule has 1 aliphatic carbocycles. The number of carboxylic acid groups (broad SMARTS) is 1. The van der Waals surface area contributed by atoms with Crippen molar-refractivity contribution < 1.29 is 9.90 Å². The first-order valence-corrected chi connectivity index (χ1v) is 3.94. The second-order valence-electron chi connectivity index (χ2n) is 3.21. The average molecular weight is 142 g/mol. The predicted molar refractivity (Wildman–Crippen MR) is 38.8 cm³/mol. The van der Waals surface area contributed by atoms with Crippen LogP contribution in [0.5, 0.6) is 0 Å². The van der Waals surface area contributed by atoms with Crippen LogP contribution < -0.4 is 0 Å². The lowest BCUT2D eigenvalue weighted by atomic mass is 9.81. The number of hydrogen-bond acceptors (Lipinski definition) is 1. The highest BCUT2D eigenvalue weighted by molar-refractivity contribution is 5.70. The van der Waals surface area contributed by atoms with Crippen LogP contribution in [-0.4, -0.2) is 11.1 Å². The van der Waals surface area contributed by atoms with Crippen molar-refractivity contribution in [1.29, 1.82) is 0 Å². The molecule has 2 atom stereocenters. The molecule has 1 aliphatic rings. The fourth-order valence-corrected chi connectivity index (χ4v) is 1.68. The summed E-state index contributed by atoms with van der Waals surface area (Å²) in [4.78, 5) is 10.6. The Hall–Kier alpha value is -0.530. The second kappa shape index (κ2) is 3.04. The minimum Gasteiger partial charge on any atom is -0.481 e. The molecule has 0 aromatic heterocycles. The molecule has 0 bridgehead atoms. The van der Waals surface area contributed by atoms with E-state index in [1.54, 1.807) is 0 Å². The van der Waals surface area contributed by atoms with Gasteiger partial charge in [-0.05, 0) is 18.8 Å². The van der Waals surface area contributed by atoms with Gasteiger partial charge in [-0.25, -0.2) is 0 Å². The van der Waals surface area contributed by atoms with Gasteiger partial charge in [-0.3, -0.25) is 4.79 Å². The fourth-order valence-electron chi connectivity index (χ4n) is 1.68. The van der Waals surface area contributed by atoms with Gasteiger partial charge in [0.1, 0.15) is 0 Å². The first kappa shape index (κ1) is 7.58.